The lowest BCUT2D eigenvalue weighted by molar-refractivity contribution is 0.336. The normalized spacial score (nSPS) is 11.1. The summed E-state index contributed by atoms with van der Waals surface area (Å²) < 4.78 is 182. The molecule has 0 unspecified atom stereocenters. The minimum Gasteiger partial charge on any atom is -0.491 e. The highest BCUT2D eigenvalue weighted by Crippen LogP contribution is 2.30. The van der Waals surface area contributed by atoms with Gasteiger partial charge < -0.3 is 14.2 Å². The molecule has 3 nitrogen and oxygen atoms in total. The third kappa shape index (κ3) is 4.12. The first-order valence-electron chi connectivity index (χ1n) is 9.47. The van der Waals surface area contributed by atoms with Gasteiger partial charge in [-0.25, -0.2) is 39.5 Å². The SMILES string of the molecule is COc1c(F)c(F)c(F)[c]([Al]([c]2c(F)c(F)c(F)c(OC)c2F)[c]2c(F)c(F)c(F)c(OC)c2F)c1F. The molecule has 0 atom stereocenters. The molecule has 0 N–H and O–H groups in total. The quantitative estimate of drug-likeness (QED) is 0.197. The van der Waals surface area contributed by atoms with Gasteiger partial charge in [-0.3, -0.25) is 0 Å². The van der Waals surface area contributed by atoms with E-state index in [4.69, 9.17) is 0 Å². The Hall–Kier alpha value is -3.25. The van der Waals surface area contributed by atoms with E-state index in [1.54, 1.807) is 0 Å². The largest absolute Gasteiger partial charge is 0.491 e. The third-order valence-electron chi connectivity index (χ3n) is 5.25. The molecule has 0 heterocycles. The number of hydrogen-bond acceptors (Lipinski definition) is 3. The predicted molar refractivity (Wildman–Crippen MR) is 103 cm³/mol. The fourth-order valence-electron chi connectivity index (χ4n) is 3.62. The zero-order chi connectivity index (χ0) is 28.1. The second-order valence-electron chi connectivity index (χ2n) is 7.04. The van der Waals surface area contributed by atoms with E-state index in [-0.39, 0.29) is 0 Å². The van der Waals surface area contributed by atoms with Gasteiger partial charge in [0.1, 0.15) is 0 Å². The van der Waals surface area contributed by atoms with Crippen LogP contribution in [0.25, 0.3) is 0 Å². The zero-order valence-corrected chi connectivity index (χ0v) is 19.5. The highest BCUT2D eigenvalue weighted by Gasteiger charge is 2.47. The van der Waals surface area contributed by atoms with Crippen LogP contribution in [0, 0.1) is 69.8 Å². The van der Waals surface area contributed by atoms with Crippen LogP contribution in [-0.2, 0) is 0 Å². The van der Waals surface area contributed by atoms with Crippen LogP contribution in [0.2, 0.25) is 0 Å². The van der Waals surface area contributed by atoms with Crippen molar-refractivity contribution in [1.82, 2.24) is 0 Å². The van der Waals surface area contributed by atoms with E-state index in [1.807, 2.05) is 0 Å². The summed E-state index contributed by atoms with van der Waals surface area (Å²) in [5, 5.41) is 0. The molecule has 3 rings (SSSR count). The zero-order valence-electron chi connectivity index (χ0n) is 18.3. The van der Waals surface area contributed by atoms with Crippen molar-refractivity contribution < 1.29 is 66.9 Å². The van der Waals surface area contributed by atoms with Gasteiger partial charge in [-0.05, 0) is 13.3 Å². The number of halogens is 12. The molecule has 0 bridgehead atoms. The first-order valence-corrected chi connectivity index (χ1v) is 11.2. The van der Waals surface area contributed by atoms with Crippen molar-refractivity contribution in [3.63, 3.8) is 0 Å². The topological polar surface area (TPSA) is 27.7 Å². The Bertz CT molecular complexity index is 1260. The Balaban J connectivity index is 2.71. The summed E-state index contributed by atoms with van der Waals surface area (Å²) in [5.74, 6) is -35.0. The molecule has 0 aromatic heterocycles. The molecule has 0 saturated heterocycles. The molecule has 0 spiro atoms. The van der Waals surface area contributed by atoms with Gasteiger partial charge in [0.05, 0.1) is 21.3 Å². The summed E-state index contributed by atoms with van der Waals surface area (Å²) in [5.41, 5.74) is 0. The average molecular weight is 564 g/mol. The molecule has 0 radical (unpaired) electrons. The third-order valence-corrected chi connectivity index (χ3v) is 8.50. The van der Waals surface area contributed by atoms with Crippen molar-refractivity contribution in [2.45, 2.75) is 0 Å². The monoisotopic (exact) mass is 564 g/mol. The standard InChI is InChI=1S/3C7H3F4O.Al/c3*1-12-7-4(9)2-3(8)5(10)6(7)11;/h3*1H3;. The van der Waals surface area contributed by atoms with Gasteiger partial charge in [0.15, 0.2) is 69.6 Å². The van der Waals surface area contributed by atoms with E-state index in [1.165, 1.54) is 0 Å². The second kappa shape index (κ2) is 10.3. The van der Waals surface area contributed by atoms with Gasteiger partial charge in [-0.1, -0.05) is 0 Å². The summed E-state index contributed by atoms with van der Waals surface area (Å²) >= 11 is -5.53. The molecule has 0 aliphatic heterocycles. The molecule has 0 aliphatic carbocycles. The molecule has 16 heteroatoms. The number of rotatable bonds is 6. The fraction of sp³-hybridized carbons (Fsp3) is 0.143. The highest BCUT2D eigenvalue weighted by atomic mass is 27.2. The second-order valence-corrected chi connectivity index (χ2v) is 9.64. The summed E-state index contributed by atoms with van der Waals surface area (Å²) in [6.45, 7) is 0. The Labute approximate surface area is 203 Å². The Morgan fingerprint density at radius 1 is 0.324 bits per heavy atom. The first kappa shape index (κ1) is 28.3. The maximum atomic E-state index is 15.2. The van der Waals surface area contributed by atoms with Crippen LogP contribution in [0.3, 0.4) is 0 Å². The number of methoxy groups -OCH3 is 3. The van der Waals surface area contributed by atoms with Gasteiger partial charge >= 0.3 is 14.1 Å². The lowest BCUT2D eigenvalue weighted by atomic mass is 10.2. The fourth-order valence-corrected chi connectivity index (χ4v) is 6.78. The molecule has 0 saturated carbocycles. The Kier molecular flexibility index (Phi) is 7.85. The van der Waals surface area contributed by atoms with Gasteiger partial charge in [0, 0.05) is 0 Å². The molecule has 0 fully saturated rings. The molecule has 0 amide bonds. The molecule has 198 valence electrons. The Morgan fingerprint density at radius 2 is 0.541 bits per heavy atom. The van der Waals surface area contributed by atoms with Crippen LogP contribution in [0.15, 0.2) is 0 Å². The molecular weight excluding hydrogens is 555 g/mol. The molecule has 3 aromatic carbocycles. The summed E-state index contributed by atoms with van der Waals surface area (Å²) in [7, 11) is 1.55. The Morgan fingerprint density at radius 3 is 0.730 bits per heavy atom. The average Bonchev–Trinajstić information content (AvgIpc) is 2.86. The minimum atomic E-state index is -5.53. The van der Waals surface area contributed by atoms with Crippen molar-refractivity contribution in [2.75, 3.05) is 21.3 Å². The highest BCUT2D eigenvalue weighted by molar-refractivity contribution is 6.96. The van der Waals surface area contributed by atoms with E-state index in [0.717, 1.165) is 0 Å². The van der Waals surface area contributed by atoms with Gasteiger partial charge in [0.2, 0.25) is 17.5 Å². The van der Waals surface area contributed by atoms with Crippen LogP contribution in [-0.4, -0.2) is 35.5 Å². The van der Waals surface area contributed by atoms with Crippen LogP contribution < -0.4 is 27.5 Å². The van der Waals surface area contributed by atoms with E-state index < -0.39 is 114 Å². The van der Waals surface area contributed by atoms with Gasteiger partial charge in [0.25, 0.3) is 0 Å². The number of ether oxygens (including phenoxy) is 3. The number of benzene rings is 3. The van der Waals surface area contributed by atoms with Crippen LogP contribution in [0.1, 0.15) is 0 Å². The van der Waals surface area contributed by atoms with Crippen molar-refractivity contribution in [3.05, 3.63) is 69.8 Å². The van der Waals surface area contributed by atoms with Crippen LogP contribution >= 0.6 is 0 Å². The lowest BCUT2D eigenvalue weighted by Gasteiger charge is -2.22. The van der Waals surface area contributed by atoms with Crippen molar-refractivity contribution in [3.8, 4) is 17.2 Å². The van der Waals surface area contributed by atoms with E-state index in [2.05, 4.69) is 14.2 Å². The van der Waals surface area contributed by atoms with Crippen LogP contribution in [0.4, 0.5) is 52.7 Å². The lowest BCUT2D eigenvalue weighted by Crippen LogP contribution is -2.60. The minimum absolute atomic E-state index is 0.517. The van der Waals surface area contributed by atoms with Gasteiger partial charge in [-0.15, -0.1) is 0 Å². The van der Waals surface area contributed by atoms with Gasteiger partial charge in [-0.2, -0.15) is 13.2 Å². The van der Waals surface area contributed by atoms with Crippen molar-refractivity contribution in [2.24, 2.45) is 0 Å². The summed E-state index contributed by atoms with van der Waals surface area (Å²) in [6, 6.07) is 0. The van der Waals surface area contributed by atoms with E-state index in [0.29, 0.717) is 21.3 Å². The summed E-state index contributed by atoms with van der Waals surface area (Å²) in [6.07, 6.45) is 0. The van der Waals surface area contributed by atoms with Crippen molar-refractivity contribution in [1.29, 1.82) is 0 Å². The number of hydrogen-bond donors (Lipinski definition) is 0. The van der Waals surface area contributed by atoms with E-state index >= 15 is 13.2 Å². The van der Waals surface area contributed by atoms with Crippen molar-refractivity contribution >= 4 is 27.4 Å². The molecular formula is C21H9AlF12O3. The molecule has 3 aromatic rings. The molecule has 0 aliphatic rings. The smallest absolute Gasteiger partial charge is 0.413 e. The maximum Gasteiger partial charge on any atom is 0.413 e. The first-order chi connectivity index (χ1) is 17.3. The summed E-state index contributed by atoms with van der Waals surface area (Å²) in [4.78, 5) is 0. The maximum absolute atomic E-state index is 15.2. The molecule has 37 heavy (non-hydrogen) atoms. The van der Waals surface area contributed by atoms with Crippen LogP contribution in [0.5, 0.6) is 17.2 Å². The van der Waals surface area contributed by atoms with E-state index in [9.17, 15) is 39.5 Å². The predicted octanol–water partition coefficient (Wildman–Crippen LogP) is 3.90.